The minimum absolute atomic E-state index is 0.0180. The minimum atomic E-state index is -1.29. The summed E-state index contributed by atoms with van der Waals surface area (Å²) in [6.45, 7) is 1.59. The van der Waals surface area contributed by atoms with E-state index in [-0.39, 0.29) is 22.4 Å². The van der Waals surface area contributed by atoms with E-state index >= 15 is 0 Å². The summed E-state index contributed by atoms with van der Waals surface area (Å²) >= 11 is 5.69. The lowest BCUT2D eigenvalue weighted by atomic mass is 10.3. The molecule has 0 aliphatic rings. The fourth-order valence-electron chi connectivity index (χ4n) is 1.48. The van der Waals surface area contributed by atoms with Gasteiger partial charge in [-0.05, 0) is 24.0 Å². The Bertz CT molecular complexity index is 682. The second kappa shape index (κ2) is 4.65. The van der Waals surface area contributed by atoms with Crippen LogP contribution >= 0.6 is 11.6 Å². The summed E-state index contributed by atoms with van der Waals surface area (Å²) in [5.41, 5.74) is 0.120. The number of hydrogen-bond donors (Lipinski definition) is 1. The second-order valence-corrected chi connectivity index (χ2v) is 4.03. The summed E-state index contributed by atoms with van der Waals surface area (Å²) in [7, 11) is 0. The number of aryl methyl sites for hydroxylation is 1. The van der Waals surface area contributed by atoms with Crippen LogP contribution < -0.4 is 0 Å². The molecule has 2 rings (SSSR count). The third kappa shape index (κ3) is 2.38. The zero-order valence-electron chi connectivity index (χ0n) is 9.57. The van der Waals surface area contributed by atoms with Gasteiger partial charge in [0.05, 0.1) is 21.9 Å². The third-order valence-corrected chi connectivity index (χ3v) is 2.62. The van der Waals surface area contributed by atoms with Crippen LogP contribution in [0.2, 0.25) is 5.02 Å². The van der Waals surface area contributed by atoms with Gasteiger partial charge in [0.25, 0.3) is 0 Å². The van der Waals surface area contributed by atoms with Crippen molar-refractivity contribution in [3.05, 3.63) is 44.7 Å². The van der Waals surface area contributed by atoms with Gasteiger partial charge < -0.3 is 15.2 Å². The number of rotatable bonds is 3. The fourth-order valence-corrected chi connectivity index (χ4v) is 1.67. The van der Waals surface area contributed by atoms with E-state index in [4.69, 9.17) is 16.7 Å². The van der Waals surface area contributed by atoms with Gasteiger partial charge in [-0.2, -0.15) is 0 Å². The molecule has 2 aromatic rings. The highest BCUT2D eigenvalue weighted by atomic mass is 35.5. The quantitative estimate of drug-likeness (QED) is 0.679. The Morgan fingerprint density at radius 3 is 2.74 bits per heavy atom. The molecule has 19 heavy (non-hydrogen) atoms. The van der Waals surface area contributed by atoms with Gasteiger partial charge in [0, 0.05) is 0 Å². The van der Waals surface area contributed by atoms with E-state index in [0.717, 1.165) is 0 Å². The lowest BCUT2D eigenvalue weighted by Gasteiger charge is -2.02. The number of carboxylic acids is 1. The van der Waals surface area contributed by atoms with Gasteiger partial charge in [-0.1, -0.05) is 11.6 Å². The highest BCUT2D eigenvalue weighted by Gasteiger charge is 2.19. The van der Waals surface area contributed by atoms with Crippen molar-refractivity contribution in [2.75, 3.05) is 0 Å². The first-order chi connectivity index (χ1) is 8.90. The van der Waals surface area contributed by atoms with E-state index in [1.807, 2.05) is 0 Å². The lowest BCUT2D eigenvalue weighted by molar-refractivity contribution is -0.389. The van der Waals surface area contributed by atoms with Crippen LogP contribution in [0.3, 0.4) is 0 Å². The van der Waals surface area contributed by atoms with Crippen molar-refractivity contribution in [3.63, 3.8) is 0 Å². The highest BCUT2D eigenvalue weighted by Crippen LogP contribution is 2.19. The molecule has 0 amide bonds. The molecule has 2 aromatic heterocycles. The topological polar surface area (TPSA) is 111 Å². The zero-order valence-corrected chi connectivity index (χ0v) is 10.3. The number of nitro groups is 1. The number of carboxylic acid groups (broad SMARTS) is 1. The lowest BCUT2D eigenvalue weighted by Crippen LogP contribution is -2.08. The van der Waals surface area contributed by atoms with Crippen molar-refractivity contribution in [2.45, 2.75) is 6.92 Å². The minimum Gasteiger partial charge on any atom is -0.476 e. The standard InChI is InChI=1S/C10H7ClN4O4/c1-5-4-8(15(18)19)13-14(5)7-3-2-6(11)9(12-7)10(16)17/h2-4H,1H3,(H,16,17). The van der Waals surface area contributed by atoms with E-state index in [0.29, 0.717) is 5.69 Å². The van der Waals surface area contributed by atoms with Crippen LogP contribution in [-0.2, 0) is 0 Å². The Kier molecular flexibility index (Phi) is 3.17. The Hall–Kier alpha value is -2.48. The van der Waals surface area contributed by atoms with Crippen molar-refractivity contribution in [3.8, 4) is 5.82 Å². The number of nitrogens with zero attached hydrogens (tertiary/aromatic N) is 4. The van der Waals surface area contributed by atoms with Gasteiger partial charge in [0.2, 0.25) is 0 Å². The van der Waals surface area contributed by atoms with Crippen LogP contribution in [0.15, 0.2) is 18.2 Å². The SMILES string of the molecule is Cc1cc([N+](=O)[O-])nn1-c1ccc(Cl)c(C(=O)O)n1. The van der Waals surface area contributed by atoms with Crippen LogP contribution in [0.1, 0.15) is 16.2 Å². The molecule has 0 atom stereocenters. The largest absolute Gasteiger partial charge is 0.476 e. The molecule has 9 heteroatoms. The number of pyridine rings is 1. The number of halogens is 1. The van der Waals surface area contributed by atoms with Gasteiger partial charge in [0.1, 0.15) is 0 Å². The second-order valence-electron chi connectivity index (χ2n) is 3.62. The first kappa shape index (κ1) is 13.0. The first-order valence-corrected chi connectivity index (χ1v) is 5.39. The van der Waals surface area contributed by atoms with Gasteiger partial charge in [0.15, 0.2) is 11.5 Å². The van der Waals surface area contributed by atoms with Gasteiger partial charge >= 0.3 is 11.8 Å². The van der Waals surface area contributed by atoms with E-state index in [9.17, 15) is 14.9 Å². The Morgan fingerprint density at radius 2 is 2.21 bits per heavy atom. The normalized spacial score (nSPS) is 10.4. The Labute approximate surface area is 111 Å². The van der Waals surface area contributed by atoms with Crippen LogP contribution in [-0.4, -0.2) is 30.8 Å². The molecule has 0 aliphatic heterocycles. The van der Waals surface area contributed by atoms with E-state index in [1.165, 1.54) is 22.9 Å². The number of hydrogen-bond acceptors (Lipinski definition) is 5. The maximum absolute atomic E-state index is 10.9. The van der Waals surface area contributed by atoms with Gasteiger partial charge in [-0.25, -0.2) is 9.78 Å². The molecule has 0 radical (unpaired) electrons. The summed E-state index contributed by atoms with van der Waals surface area (Å²) in [4.78, 5) is 24.7. The van der Waals surface area contributed by atoms with E-state index in [1.54, 1.807) is 6.92 Å². The number of carbonyl (C=O) groups is 1. The summed E-state index contributed by atoms with van der Waals surface area (Å²) in [6.07, 6.45) is 0. The summed E-state index contributed by atoms with van der Waals surface area (Å²) in [6, 6.07) is 4.04. The van der Waals surface area contributed by atoms with Crippen molar-refractivity contribution >= 4 is 23.4 Å². The molecule has 8 nitrogen and oxygen atoms in total. The number of aromatic nitrogens is 3. The predicted molar refractivity (Wildman–Crippen MR) is 64.7 cm³/mol. The molecular formula is C10H7ClN4O4. The van der Waals surface area contributed by atoms with Gasteiger partial charge in [-0.3, -0.25) is 0 Å². The van der Waals surface area contributed by atoms with Crippen LogP contribution in [0, 0.1) is 17.0 Å². The van der Waals surface area contributed by atoms with Crippen molar-refractivity contribution < 1.29 is 14.8 Å². The monoisotopic (exact) mass is 282 g/mol. The van der Waals surface area contributed by atoms with Crippen LogP contribution in [0.4, 0.5) is 5.82 Å². The molecule has 0 saturated carbocycles. The summed E-state index contributed by atoms with van der Waals surface area (Å²) in [5, 5.41) is 23.2. The average molecular weight is 283 g/mol. The molecule has 1 N–H and O–H groups in total. The van der Waals surface area contributed by atoms with Crippen LogP contribution in [0.5, 0.6) is 0 Å². The Morgan fingerprint density at radius 1 is 1.53 bits per heavy atom. The molecule has 0 aromatic carbocycles. The summed E-state index contributed by atoms with van der Waals surface area (Å²) < 4.78 is 1.18. The molecule has 0 saturated heterocycles. The maximum atomic E-state index is 10.9. The Balaban J connectivity index is 2.56. The van der Waals surface area contributed by atoms with Crippen molar-refractivity contribution in [2.24, 2.45) is 0 Å². The summed E-state index contributed by atoms with van der Waals surface area (Å²) in [5.74, 6) is -1.48. The van der Waals surface area contributed by atoms with Crippen LogP contribution in [0.25, 0.3) is 5.82 Å². The molecular weight excluding hydrogens is 276 g/mol. The molecule has 2 heterocycles. The molecule has 0 fully saturated rings. The molecule has 0 bridgehead atoms. The first-order valence-electron chi connectivity index (χ1n) is 5.01. The number of aromatic carboxylic acids is 1. The fraction of sp³-hybridized carbons (Fsp3) is 0.100. The maximum Gasteiger partial charge on any atom is 0.390 e. The highest BCUT2D eigenvalue weighted by molar-refractivity contribution is 6.33. The molecule has 98 valence electrons. The van der Waals surface area contributed by atoms with E-state index in [2.05, 4.69) is 10.1 Å². The zero-order chi connectivity index (χ0) is 14.2. The van der Waals surface area contributed by atoms with Crippen molar-refractivity contribution in [1.82, 2.24) is 14.8 Å². The predicted octanol–water partition coefficient (Wildman–Crippen LogP) is 1.84. The average Bonchev–Trinajstić information content (AvgIpc) is 2.72. The molecule has 0 aliphatic carbocycles. The third-order valence-electron chi connectivity index (χ3n) is 2.31. The molecule has 0 unspecified atom stereocenters. The van der Waals surface area contributed by atoms with Crippen molar-refractivity contribution in [1.29, 1.82) is 0 Å². The smallest absolute Gasteiger partial charge is 0.390 e. The molecule has 0 spiro atoms. The van der Waals surface area contributed by atoms with Gasteiger partial charge in [-0.15, -0.1) is 4.68 Å². The van der Waals surface area contributed by atoms with E-state index < -0.39 is 10.9 Å².